The zero-order chi connectivity index (χ0) is 14.0. The maximum atomic E-state index is 11.6. The van der Waals surface area contributed by atoms with Crippen molar-refractivity contribution in [3.05, 3.63) is 30.5 Å². The molecular formula is C14H18ClNO2S. The van der Waals surface area contributed by atoms with E-state index in [1.165, 1.54) is 0 Å². The van der Waals surface area contributed by atoms with Crippen LogP contribution in [-0.4, -0.2) is 13.0 Å². The smallest absolute Gasteiger partial charge is 0.263 e. The van der Waals surface area contributed by atoms with Gasteiger partial charge in [0.25, 0.3) is 9.05 Å². The minimum atomic E-state index is -3.71. The first kappa shape index (κ1) is 14.4. The lowest BCUT2D eigenvalue weighted by molar-refractivity contribution is 0.452. The van der Waals surface area contributed by atoms with Gasteiger partial charge in [0.1, 0.15) is 4.90 Å². The molecule has 0 fully saturated rings. The second-order valence-corrected chi connectivity index (χ2v) is 7.53. The van der Waals surface area contributed by atoms with Crippen molar-refractivity contribution in [2.24, 2.45) is 5.92 Å². The summed E-state index contributed by atoms with van der Waals surface area (Å²) in [5, 5.41) is 0.696. The molecule has 0 aliphatic rings. The second-order valence-electron chi connectivity index (χ2n) is 4.99. The summed E-state index contributed by atoms with van der Waals surface area (Å²) in [6, 6.07) is 7.47. The van der Waals surface area contributed by atoms with E-state index < -0.39 is 9.05 Å². The lowest BCUT2D eigenvalue weighted by Gasteiger charge is -2.12. The maximum Gasteiger partial charge on any atom is 0.263 e. The molecule has 0 aliphatic heterocycles. The zero-order valence-electron chi connectivity index (χ0n) is 11.1. The summed E-state index contributed by atoms with van der Waals surface area (Å²) in [6.45, 7) is 5.13. The molecule has 2 rings (SSSR count). The summed E-state index contributed by atoms with van der Waals surface area (Å²) in [7, 11) is 1.80. The summed E-state index contributed by atoms with van der Waals surface area (Å²) in [5.41, 5.74) is 0.921. The number of hydrogen-bond donors (Lipinski definition) is 0. The van der Waals surface area contributed by atoms with Gasteiger partial charge in [-0.15, -0.1) is 0 Å². The Hall–Kier alpha value is -1.00. The van der Waals surface area contributed by atoms with Crippen molar-refractivity contribution < 1.29 is 8.42 Å². The molecule has 104 valence electrons. The molecule has 19 heavy (non-hydrogen) atoms. The monoisotopic (exact) mass is 299 g/mol. The van der Waals surface area contributed by atoms with Crippen LogP contribution in [0, 0.1) is 5.92 Å². The molecule has 2 aromatic rings. The van der Waals surface area contributed by atoms with Crippen molar-refractivity contribution in [2.45, 2.75) is 38.1 Å². The molecule has 0 aliphatic carbocycles. The molecular weight excluding hydrogens is 282 g/mol. The topological polar surface area (TPSA) is 39.1 Å². The second kappa shape index (κ2) is 5.55. The van der Waals surface area contributed by atoms with Crippen LogP contribution >= 0.6 is 10.7 Å². The number of nitrogens with zero attached hydrogens (tertiary/aromatic N) is 1. The van der Waals surface area contributed by atoms with Crippen LogP contribution in [0.1, 0.15) is 26.7 Å². The Morgan fingerprint density at radius 3 is 2.63 bits per heavy atom. The van der Waals surface area contributed by atoms with Gasteiger partial charge < -0.3 is 4.57 Å². The molecule has 0 N–H and O–H groups in total. The largest absolute Gasteiger partial charge is 0.346 e. The Kier molecular flexibility index (Phi) is 4.21. The first-order valence-corrected chi connectivity index (χ1v) is 8.77. The Bertz CT molecular complexity index is 676. The molecule has 0 saturated heterocycles. The zero-order valence-corrected chi connectivity index (χ0v) is 12.7. The highest BCUT2D eigenvalue weighted by molar-refractivity contribution is 8.14. The summed E-state index contributed by atoms with van der Waals surface area (Å²) >= 11 is 0. The van der Waals surface area contributed by atoms with Crippen LogP contribution in [0.3, 0.4) is 0 Å². The highest BCUT2D eigenvalue weighted by Gasteiger charge is 2.18. The average Bonchev–Trinajstić information content (AvgIpc) is 2.69. The van der Waals surface area contributed by atoms with Gasteiger partial charge in [-0.3, -0.25) is 0 Å². The molecule has 1 heterocycles. The first-order valence-electron chi connectivity index (χ1n) is 6.46. The van der Waals surface area contributed by atoms with Crippen molar-refractivity contribution in [2.75, 3.05) is 0 Å². The standard InChI is InChI=1S/C14H18ClNO2S/c1-3-6-11(2)9-16-10-14(19(15,17)18)12-7-4-5-8-13(12)16/h4-5,7-8,10-11H,3,6,9H2,1-2H3. The van der Waals surface area contributed by atoms with E-state index in [0.29, 0.717) is 11.3 Å². The third kappa shape index (κ3) is 3.12. The van der Waals surface area contributed by atoms with E-state index >= 15 is 0 Å². The molecule has 0 amide bonds. The number of rotatable bonds is 5. The fourth-order valence-electron chi connectivity index (χ4n) is 2.48. The SMILES string of the molecule is CCCC(C)Cn1cc(S(=O)(=O)Cl)c2ccccc21. The van der Waals surface area contributed by atoms with E-state index in [9.17, 15) is 8.42 Å². The molecule has 1 atom stereocenters. The van der Waals surface area contributed by atoms with Gasteiger partial charge in [-0.05, 0) is 18.4 Å². The third-order valence-electron chi connectivity index (χ3n) is 3.30. The van der Waals surface area contributed by atoms with E-state index in [4.69, 9.17) is 10.7 Å². The Morgan fingerprint density at radius 2 is 2.00 bits per heavy atom. The van der Waals surface area contributed by atoms with E-state index in [1.54, 1.807) is 12.3 Å². The molecule has 0 bridgehead atoms. The van der Waals surface area contributed by atoms with Crippen LogP contribution in [0.2, 0.25) is 0 Å². The van der Waals surface area contributed by atoms with Crippen molar-refractivity contribution in [3.8, 4) is 0 Å². The van der Waals surface area contributed by atoms with Crippen molar-refractivity contribution in [1.82, 2.24) is 4.57 Å². The minimum absolute atomic E-state index is 0.202. The summed E-state index contributed by atoms with van der Waals surface area (Å²) in [4.78, 5) is 0.202. The van der Waals surface area contributed by atoms with Crippen LogP contribution in [-0.2, 0) is 15.6 Å². The summed E-state index contributed by atoms with van der Waals surface area (Å²) < 4.78 is 25.2. The lowest BCUT2D eigenvalue weighted by atomic mass is 10.1. The highest BCUT2D eigenvalue weighted by Crippen LogP contribution is 2.28. The molecule has 0 saturated carbocycles. The number of halogens is 1. The predicted molar refractivity (Wildman–Crippen MR) is 79.0 cm³/mol. The van der Waals surface area contributed by atoms with Crippen molar-refractivity contribution in [3.63, 3.8) is 0 Å². The minimum Gasteiger partial charge on any atom is -0.346 e. The molecule has 1 aromatic heterocycles. The Balaban J connectivity index is 2.51. The molecule has 1 aromatic carbocycles. The van der Waals surface area contributed by atoms with Gasteiger partial charge in [0.2, 0.25) is 0 Å². The molecule has 0 radical (unpaired) electrons. The summed E-state index contributed by atoms with van der Waals surface area (Å²) in [6.07, 6.45) is 3.90. The van der Waals surface area contributed by atoms with Crippen LogP contribution in [0.4, 0.5) is 0 Å². The van der Waals surface area contributed by atoms with Gasteiger partial charge in [-0.2, -0.15) is 0 Å². The third-order valence-corrected chi connectivity index (χ3v) is 4.65. The van der Waals surface area contributed by atoms with Gasteiger partial charge in [0, 0.05) is 34.3 Å². The quantitative estimate of drug-likeness (QED) is 0.783. The number of hydrogen-bond acceptors (Lipinski definition) is 2. The molecule has 5 heteroatoms. The van der Waals surface area contributed by atoms with Gasteiger partial charge in [0.05, 0.1) is 0 Å². The number of benzene rings is 1. The maximum absolute atomic E-state index is 11.6. The Morgan fingerprint density at radius 1 is 1.32 bits per heavy atom. The van der Waals surface area contributed by atoms with E-state index in [-0.39, 0.29) is 4.90 Å². The van der Waals surface area contributed by atoms with Gasteiger partial charge in [-0.1, -0.05) is 38.5 Å². The molecule has 1 unspecified atom stereocenters. The summed E-state index contributed by atoms with van der Waals surface area (Å²) in [5.74, 6) is 0.506. The van der Waals surface area contributed by atoms with Crippen LogP contribution < -0.4 is 0 Å². The van der Waals surface area contributed by atoms with Crippen molar-refractivity contribution >= 4 is 30.6 Å². The van der Waals surface area contributed by atoms with Crippen LogP contribution in [0.5, 0.6) is 0 Å². The fourth-order valence-corrected chi connectivity index (χ4v) is 3.54. The van der Waals surface area contributed by atoms with Crippen LogP contribution in [0.15, 0.2) is 35.4 Å². The van der Waals surface area contributed by atoms with E-state index in [0.717, 1.165) is 24.9 Å². The highest BCUT2D eigenvalue weighted by atomic mass is 35.7. The fraction of sp³-hybridized carbons (Fsp3) is 0.429. The molecule has 3 nitrogen and oxygen atoms in total. The van der Waals surface area contributed by atoms with Gasteiger partial charge >= 0.3 is 0 Å². The lowest BCUT2D eigenvalue weighted by Crippen LogP contribution is -2.06. The van der Waals surface area contributed by atoms with E-state index in [1.807, 2.05) is 22.8 Å². The number of fused-ring (bicyclic) bond motifs is 1. The predicted octanol–water partition coefficient (Wildman–Crippen LogP) is 4.01. The van der Waals surface area contributed by atoms with E-state index in [2.05, 4.69) is 13.8 Å². The average molecular weight is 300 g/mol. The number of aromatic nitrogens is 1. The molecule has 0 spiro atoms. The first-order chi connectivity index (χ1) is 8.93. The normalized spacial score (nSPS) is 13.8. The number of para-hydroxylation sites is 1. The van der Waals surface area contributed by atoms with Gasteiger partial charge in [-0.25, -0.2) is 8.42 Å². The Labute approximate surface area is 118 Å². The van der Waals surface area contributed by atoms with Gasteiger partial charge in [0.15, 0.2) is 0 Å². The van der Waals surface area contributed by atoms with Crippen LogP contribution in [0.25, 0.3) is 10.9 Å². The van der Waals surface area contributed by atoms with Crippen molar-refractivity contribution in [1.29, 1.82) is 0 Å².